The highest BCUT2D eigenvalue weighted by molar-refractivity contribution is 7.19. The van der Waals surface area contributed by atoms with Crippen LogP contribution in [0.25, 0.3) is 21.0 Å². The molecule has 0 saturated carbocycles. The average Bonchev–Trinajstić information content (AvgIpc) is 3.84. The van der Waals surface area contributed by atoms with Crippen molar-refractivity contribution < 1.29 is 19.2 Å². The molecule has 1 aliphatic rings. The third-order valence-corrected chi connectivity index (χ3v) is 10.3. The predicted molar refractivity (Wildman–Crippen MR) is 184 cm³/mol. The van der Waals surface area contributed by atoms with Crippen LogP contribution in [0.2, 0.25) is 0 Å². The van der Waals surface area contributed by atoms with E-state index < -0.39 is 35.8 Å². The highest BCUT2D eigenvalue weighted by Gasteiger charge is 2.32. The zero-order valence-electron chi connectivity index (χ0n) is 25.7. The molecule has 4 amide bonds. The molecular formula is C34H37N7O4S2. The largest absolute Gasteiger partial charge is 0.368 e. The number of nitrogens with zero attached hydrogens (tertiary/aromatic N) is 1. The number of aromatic nitrogens is 2. The van der Waals surface area contributed by atoms with Gasteiger partial charge in [0.2, 0.25) is 23.6 Å². The normalized spacial score (nSPS) is 15.6. The Balaban J connectivity index is 1.26. The van der Waals surface area contributed by atoms with E-state index >= 15 is 0 Å². The number of fused-ring (bicyclic) bond motifs is 2. The van der Waals surface area contributed by atoms with Crippen molar-refractivity contribution in [1.29, 1.82) is 0 Å². The lowest BCUT2D eigenvalue weighted by Crippen LogP contribution is -2.58. The molecule has 11 nitrogen and oxygen atoms in total. The van der Waals surface area contributed by atoms with Gasteiger partial charge in [-0.05, 0) is 55.1 Å². The molecule has 6 rings (SSSR count). The van der Waals surface area contributed by atoms with Gasteiger partial charge in [0.05, 0.1) is 11.2 Å². The molecule has 7 N–H and O–H groups in total. The lowest BCUT2D eigenvalue weighted by atomic mass is 9.96. The fourth-order valence-corrected chi connectivity index (χ4v) is 7.65. The Labute approximate surface area is 279 Å². The van der Waals surface area contributed by atoms with Crippen LogP contribution in [0.5, 0.6) is 0 Å². The van der Waals surface area contributed by atoms with Crippen molar-refractivity contribution in [3.63, 3.8) is 0 Å². The fourth-order valence-electron chi connectivity index (χ4n) is 5.97. The number of primary amides is 1. The van der Waals surface area contributed by atoms with Gasteiger partial charge in [-0.3, -0.25) is 19.2 Å². The maximum absolute atomic E-state index is 14.1. The number of carbonyl (C=O) groups excluding carboxylic acids is 4. The molecule has 1 saturated heterocycles. The number of benzene rings is 2. The van der Waals surface area contributed by atoms with E-state index in [-0.39, 0.29) is 31.1 Å². The Morgan fingerprint density at radius 3 is 2.36 bits per heavy atom. The number of carbonyl (C=O) groups is 4. The highest BCUT2D eigenvalue weighted by atomic mass is 32.1. The first-order valence-electron chi connectivity index (χ1n) is 15.6. The van der Waals surface area contributed by atoms with Gasteiger partial charge in [0, 0.05) is 57.2 Å². The zero-order valence-corrected chi connectivity index (χ0v) is 27.3. The molecule has 244 valence electrons. The molecule has 2 aromatic carbocycles. The van der Waals surface area contributed by atoms with Crippen molar-refractivity contribution in [2.24, 2.45) is 11.7 Å². The van der Waals surface area contributed by atoms with Crippen molar-refractivity contribution in [1.82, 2.24) is 31.2 Å². The first kappa shape index (κ1) is 32.4. The maximum Gasteiger partial charge on any atom is 0.243 e. The number of rotatable bonds is 13. The minimum absolute atomic E-state index is 0.124. The summed E-state index contributed by atoms with van der Waals surface area (Å²) in [5.74, 6) is -2.14. The van der Waals surface area contributed by atoms with Crippen LogP contribution in [0.3, 0.4) is 0 Å². The molecule has 4 heterocycles. The van der Waals surface area contributed by atoms with Gasteiger partial charge in [0.25, 0.3) is 0 Å². The molecule has 0 unspecified atom stereocenters. The second kappa shape index (κ2) is 14.9. The molecule has 13 heteroatoms. The Morgan fingerprint density at radius 1 is 0.894 bits per heavy atom. The molecule has 47 heavy (non-hydrogen) atoms. The molecule has 1 aliphatic heterocycles. The van der Waals surface area contributed by atoms with Crippen molar-refractivity contribution in [3.8, 4) is 0 Å². The van der Waals surface area contributed by atoms with E-state index in [0.29, 0.717) is 18.5 Å². The molecule has 0 aliphatic carbocycles. The van der Waals surface area contributed by atoms with Gasteiger partial charge in [0.15, 0.2) is 0 Å². The van der Waals surface area contributed by atoms with Crippen LogP contribution >= 0.6 is 22.7 Å². The van der Waals surface area contributed by atoms with Crippen LogP contribution in [0.4, 0.5) is 0 Å². The number of nitrogens with one attached hydrogen (secondary N) is 5. The molecule has 0 bridgehead atoms. The summed E-state index contributed by atoms with van der Waals surface area (Å²) < 4.78 is 1.08. The lowest BCUT2D eigenvalue weighted by molar-refractivity contribution is -0.134. The minimum Gasteiger partial charge on any atom is -0.368 e. The smallest absolute Gasteiger partial charge is 0.243 e. The van der Waals surface area contributed by atoms with E-state index in [1.807, 2.05) is 60.8 Å². The van der Waals surface area contributed by atoms with Gasteiger partial charge in [-0.25, -0.2) is 4.98 Å². The Bertz CT molecular complexity index is 1830. The van der Waals surface area contributed by atoms with Gasteiger partial charge in [-0.15, -0.1) is 22.7 Å². The molecular weight excluding hydrogens is 635 g/mol. The number of hydrogen-bond donors (Lipinski definition) is 6. The van der Waals surface area contributed by atoms with Crippen molar-refractivity contribution in [3.05, 3.63) is 87.8 Å². The Hall–Kier alpha value is -4.59. The molecule has 0 radical (unpaired) electrons. The third-order valence-electron chi connectivity index (χ3n) is 8.51. The average molecular weight is 672 g/mol. The number of nitrogens with two attached hydrogens (primary N) is 1. The monoisotopic (exact) mass is 671 g/mol. The highest BCUT2D eigenvalue weighted by Crippen LogP contribution is 2.27. The number of hydrogen-bond acceptors (Lipinski definition) is 8. The number of amides is 4. The molecule has 5 aromatic rings. The number of H-pyrrole nitrogens is 1. The zero-order chi connectivity index (χ0) is 32.8. The molecule has 1 fully saturated rings. The van der Waals surface area contributed by atoms with E-state index in [1.165, 1.54) is 11.3 Å². The van der Waals surface area contributed by atoms with Gasteiger partial charge < -0.3 is 32.0 Å². The first-order chi connectivity index (χ1) is 22.8. The number of para-hydroxylation sites is 1. The summed E-state index contributed by atoms with van der Waals surface area (Å²) in [7, 11) is 0. The summed E-state index contributed by atoms with van der Waals surface area (Å²) in [5.41, 5.74) is 9.66. The van der Waals surface area contributed by atoms with E-state index in [0.717, 1.165) is 44.5 Å². The number of aromatic amines is 1. The van der Waals surface area contributed by atoms with Crippen LogP contribution in [0.15, 0.2) is 71.7 Å². The fraction of sp³-hybridized carbons (Fsp3) is 0.324. The van der Waals surface area contributed by atoms with Crippen molar-refractivity contribution >= 4 is 67.3 Å². The predicted octanol–water partition coefficient (Wildman–Crippen LogP) is 2.81. The van der Waals surface area contributed by atoms with E-state index in [9.17, 15) is 19.2 Å². The summed E-state index contributed by atoms with van der Waals surface area (Å²) in [6.07, 6.45) is 3.70. The lowest BCUT2D eigenvalue weighted by Gasteiger charge is -2.27. The van der Waals surface area contributed by atoms with E-state index in [4.69, 9.17) is 5.73 Å². The van der Waals surface area contributed by atoms with Crippen molar-refractivity contribution in [2.75, 3.05) is 13.1 Å². The van der Waals surface area contributed by atoms with Gasteiger partial charge >= 0.3 is 0 Å². The van der Waals surface area contributed by atoms with Gasteiger partial charge in [0.1, 0.15) is 18.1 Å². The summed E-state index contributed by atoms with van der Waals surface area (Å²) >= 11 is 2.95. The van der Waals surface area contributed by atoms with Crippen LogP contribution in [0.1, 0.15) is 29.0 Å². The van der Waals surface area contributed by atoms with Crippen LogP contribution in [-0.2, 0) is 38.4 Å². The van der Waals surface area contributed by atoms with E-state index in [2.05, 4.69) is 31.2 Å². The summed E-state index contributed by atoms with van der Waals surface area (Å²) in [4.78, 5) is 62.2. The standard InChI is InChI=1S/C34H37N7O4S2/c35-31(42)27(15-23-18-46-19-38-23)39-33(44)28(14-22-17-37-26-7-3-2-6-25(22)26)41-34(45)29(40-32(43)20-9-11-36-12-10-20)16-24-13-21-5-1-4-8-30(21)47-24/h1-8,13,17-20,27-29,36-37H,9-12,14-16H2,(H2,35,42)(H,39,44)(H,40,43)(H,41,45)/t27-,28+,29+/m0/s1. The third kappa shape index (κ3) is 8.05. The Kier molecular flexibility index (Phi) is 10.2. The topological polar surface area (TPSA) is 171 Å². The van der Waals surface area contributed by atoms with Crippen LogP contribution in [-0.4, -0.2) is 64.8 Å². The molecule has 3 atom stereocenters. The van der Waals surface area contributed by atoms with Crippen LogP contribution in [0, 0.1) is 5.92 Å². The van der Waals surface area contributed by atoms with Gasteiger partial charge in [-0.2, -0.15) is 0 Å². The van der Waals surface area contributed by atoms with Crippen molar-refractivity contribution in [2.45, 2.75) is 50.2 Å². The molecule has 0 spiro atoms. The number of thiophene rings is 1. The maximum atomic E-state index is 14.1. The van der Waals surface area contributed by atoms with E-state index in [1.54, 1.807) is 22.2 Å². The first-order valence-corrected chi connectivity index (χ1v) is 17.4. The summed E-state index contributed by atoms with van der Waals surface area (Å²) in [6, 6.07) is 14.7. The Morgan fingerprint density at radius 2 is 1.62 bits per heavy atom. The summed E-state index contributed by atoms with van der Waals surface area (Å²) in [6.45, 7) is 1.47. The van der Waals surface area contributed by atoms with Crippen LogP contribution < -0.4 is 27.0 Å². The quantitative estimate of drug-likeness (QED) is 0.112. The summed E-state index contributed by atoms with van der Waals surface area (Å²) in [5, 5.41) is 15.7. The molecule has 3 aromatic heterocycles. The SMILES string of the molecule is NC(=O)[C@H](Cc1cscn1)NC(=O)[C@@H](Cc1c[nH]c2ccccc12)NC(=O)[C@@H](Cc1cc2ccccc2s1)NC(=O)C1CCNCC1. The number of piperidine rings is 1. The second-order valence-corrected chi connectivity index (χ2v) is 13.7. The number of thiazole rings is 1. The minimum atomic E-state index is -1.07. The second-order valence-electron chi connectivity index (χ2n) is 11.8. The van der Waals surface area contributed by atoms with Gasteiger partial charge in [-0.1, -0.05) is 36.4 Å².